The smallest absolute Gasteiger partial charge is 0.236 e. The van der Waals surface area contributed by atoms with E-state index in [9.17, 15) is 4.79 Å². The van der Waals surface area contributed by atoms with Crippen molar-refractivity contribution in [2.45, 2.75) is 12.5 Å². The fourth-order valence-corrected chi connectivity index (χ4v) is 3.88. The molecule has 1 unspecified atom stereocenters. The largest absolute Gasteiger partial charge is 0.368 e. The van der Waals surface area contributed by atoms with Crippen LogP contribution >= 0.6 is 11.6 Å². The molecule has 3 N–H and O–H groups in total. The van der Waals surface area contributed by atoms with E-state index in [2.05, 4.69) is 20.1 Å². The van der Waals surface area contributed by atoms with E-state index in [1.807, 2.05) is 48.5 Å². The number of amides is 1. The minimum Gasteiger partial charge on any atom is -0.368 e. The number of piperazine rings is 1. The van der Waals surface area contributed by atoms with Gasteiger partial charge in [-0.25, -0.2) is 0 Å². The van der Waals surface area contributed by atoms with E-state index >= 15 is 0 Å². The molecule has 2 aliphatic heterocycles. The average Bonchev–Trinajstić information content (AvgIpc) is 3.14. The second-order valence-corrected chi connectivity index (χ2v) is 7.58. The quantitative estimate of drug-likeness (QED) is 0.825. The number of aliphatic imine (C=N–C) groups is 1. The third kappa shape index (κ3) is 3.55. The molecule has 28 heavy (non-hydrogen) atoms. The van der Waals surface area contributed by atoms with Gasteiger partial charge in [0.05, 0.1) is 5.69 Å². The van der Waals surface area contributed by atoms with Crippen LogP contribution in [0.15, 0.2) is 35.3 Å². The first-order valence-corrected chi connectivity index (χ1v) is 9.70. The zero-order valence-electron chi connectivity index (χ0n) is 15.7. The number of aromatic amines is 1. The molecule has 7 nitrogen and oxygen atoms in total. The van der Waals surface area contributed by atoms with E-state index in [1.165, 1.54) is 5.57 Å². The zero-order valence-corrected chi connectivity index (χ0v) is 16.5. The van der Waals surface area contributed by atoms with Crippen LogP contribution in [0.25, 0.3) is 16.8 Å². The predicted molar refractivity (Wildman–Crippen MR) is 113 cm³/mol. The lowest BCUT2D eigenvalue weighted by Gasteiger charge is -2.38. The molecular formula is C20H23ClN6O. The number of aromatic nitrogens is 2. The molecular weight excluding hydrogens is 376 g/mol. The third-order valence-electron chi connectivity index (χ3n) is 5.37. The van der Waals surface area contributed by atoms with Crippen molar-refractivity contribution in [1.29, 1.82) is 0 Å². The number of likely N-dealkylation sites (N-methyl/N-ethyl adjacent to an activating group) is 1. The number of carbonyl (C=O) groups excluding carboxylic acids is 1. The summed E-state index contributed by atoms with van der Waals surface area (Å²) in [7, 11) is 1.93. The molecule has 0 radical (unpaired) electrons. The Kier molecular flexibility index (Phi) is 5.19. The van der Waals surface area contributed by atoms with E-state index in [0.717, 1.165) is 48.7 Å². The number of primary amides is 1. The predicted octanol–water partition coefficient (Wildman–Crippen LogP) is 2.19. The van der Waals surface area contributed by atoms with Gasteiger partial charge in [-0.05, 0) is 37.3 Å². The Bertz CT molecular complexity index is 933. The van der Waals surface area contributed by atoms with Crippen LogP contribution in [0.3, 0.4) is 0 Å². The van der Waals surface area contributed by atoms with Crippen molar-refractivity contribution in [2.75, 3.05) is 38.1 Å². The number of anilines is 1. The Balaban J connectivity index is 1.77. The van der Waals surface area contributed by atoms with Gasteiger partial charge in [-0.3, -0.25) is 19.8 Å². The van der Waals surface area contributed by atoms with Gasteiger partial charge >= 0.3 is 0 Å². The third-order valence-corrected chi connectivity index (χ3v) is 5.62. The van der Waals surface area contributed by atoms with Crippen molar-refractivity contribution in [3.8, 4) is 11.3 Å². The number of H-pyrrole nitrogens is 1. The fourth-order valence-electron chi connectivity index (χ4n) is 3.76. The molecule has 0 spiro atoms. The summed E-state index contributed by atoms with van der Waals surface area (Å²) in [6.45, 7) is 2.80. The van der Waals surface area contributed by atoms with Crippen LogP contribution in [0, 0.1) is 0 Å². The van der Waals surface area contributed by atoms with Crippen LogP contribution in [0.5, 0.6) is 0 Å². The normalized spacial score (nSPS) is 20.3. The van der Waals surface area contributed by atoms with E-state index in [0.29, 0.717) is 11.6 Å². The second-order valence-electron chi connectivity index (χ2n) is 7.15. The number of nitrogens with two attached hydrogens (primary N) is 1. The number of hydrogen-bond acceptors (Lipinski definition) is 5. The van der Waals surface area contributed by atoms with E-state index in [1.54, 1.807) is 0 Å². The lowest BCUT2D eigenvalue weighted by atomic mass is 9.96. The van der Waals surface area contributed by atoms with Gasteiger partial charge < -0.3 is 10.6 Å². The van der Waals surface area contributed by atoms with Crippen LogP contribution in [0.1, 0.15) is 12.0 Å². The molecule has 3 heterocycles. The standard InChI is InChI=1S/C20H23ClN6O/c1-26-10-11-27(12-16(26)19(22)28)20-17(13-6-8-23-9-7-13)18(24-25-20)14-2-4-15(21)5-3-14/h2-6,8,16H,7,9-12H2,1H3,(H2,22,28)(H,24,25). The maximum absolute atomic E-state index is 11.9. The number of nitrogens with zero attached hydrogens (tertiary/aromatic N) is 4. The molecule has 0 aliphatic carbocycles. The number of allylic oxidation sites excluding steroid dienone is 1. The summed E-state index contributed by atoms with van der Waals surface area (Å²) in [6.07, 6.45) is 4.73. The minimum absolute atomic E-state index is 0.314. The van der Waals surface area contributed by atoms with Gasteiger partial charge in [0.2, 0.25) is 5.91 Å². The molecule has 2 aliphatic rings. The Morgan fingerprint density at radius 2 is 2.07 bits per heavy atom. The molecule has 1 aromatic heterocycles. The van der Waals surface area contributed by atoms with E-state index in [-0.39, 0.29) is 11.9 Å². The molecule has 1 saturated heterocycles. The molecule has 1 atom stereocenters. The van der Waals surface area contributed by atoms with Crippen molar-refractivity contribution >= 4 is 35.1 Å². The summed E-state index contributed by atoms with van der Waals surface area (Å²) in [5.41, 5.74) is 9.81. The number of rotatable bonds is 4. The number of hydrogen-bond donors (Lipinski definition) is 2. The van der Waals surface area contributed by atoms with Crippen molar-refractivity contribution in [1.82, 2.24) is 15.1 Å². The summed E-state index contributed by atoms with van der Waals surface area (Å²) in [5.74, 6) is 0.539. The van der Waals surface area contributed by atoms with Gasteiger partial charge in [0.1, 0.15) is 6.04 Å². The fraction of sp³-hybridized carbons (Fsp3) is 0.350. The topological polar surface area (TPSA) is 90.6 Å². The minimum atomic E-state index is -0.334. The molecule has 2 aromatic rings. The Morgan fingerprint density at radius 3 is 2.75 bits per heavy atom. The molecule has 0 bridgehead atoms. The van der Waals surface area contributed by atoms with Gasteiger partial charge in [-0.1, -0.05) is 23.7 Å². The Morgan fingerprint density at radius 1 is 1.29 bits per heavy atom. The summed E-state index contributed by atoms with van der Waals surface area (Å²) in [5, 5.41) is 8.55. The van der Waals surface area contributed by atoms with Crippen LogP contribution in [0.2, 0.25) is 5.02 Å². The average molecular weight is 399 g/mol. The highest BCUT2D eigenvalue weighted by molar-refractivity contribution is 6.30. The van der Waals surface area contributed by atoms with Crippen molar-refractivity contribution in [3.63, 3.8) is 0 Å². The highest BCUT2D eigenvalue weighted by atomic mass is 35.5. The van der Waals surface area contributed by atoms with Gasteiger partial charge in [-0.2, -0.15) is 5.10 Å². The van der Waals surface area contributed by atoms with Crippen molar-refractivity contribution in [2.24, 2.45) is 10.7 Å². The van der Waals surface area contributed by atoms with Crippen LogP contribution in [-0.2, 0) is 4.79 Å². The number of dihydropyridines is 1. The summed E-state index contributed by atoms with van der Waals surface area (Å²) >= 11 is 6.06. The lowest BCUT2D eigenvalue weighted by Crippen LogP contribution is -2.57. The van der Waals surface area contributed by atoms with Gasteiger partial charge in [-0.15, -0.1) is 0 Å². The Hall–Kier alpha value is -2.64. The Labute approximate surface area is 168 Å². The maximum Gasteiger partial charge on any atom is 0.236 e. The van der Waals surface area contributed by atoms with E-state index < -0.39 is 0 Å². The zero-order chi connectivity index (χ0) is 19.7. The summed E-state index contributed by atoms with van der Waals surface area (Å²) in [4.78, 5) is 20.3. The first-order chi connectivity index (χ1) is 13.5. The molecule has 1 aromatic carbocycles. The molecule has 4 rings (SSSR count). The van der Waals surface area contributed by atoms with E-state index in [4.69, 9.17) is 17.3 Å². The molecule has 1 fully saturated rings. The lowest BCUT2D eigenvalue weighted by molar-refractivity contribution is -0.122. The number of carbonyl (C=O) groups is 1. The van der Waals surface area contributed by atoms with Crippen molar-refractivity contribution in [3.05, 3.63) is 40.9 Å². The number of benzene rings is 1. The van der Waals surface area contributed by atoms with Gasteiger partial charge in [0, 0.05) is 48.5 Å². The summed E-state index contributed by atoms with van der Waals surface area (Å²) in [6, 6.07) is 7.38. The molecule has 8 heteroatoms. The van der Waals surface area contributed by atoms with Crippen LogP contribution < -0.4 is 10.6 Å². The van der Waals surface area contributed by atoms with Gasteiger partial charge in [0.25, 0.3) is 0 Å². The first kappa shape index (κ1) is 18.7. The molecule has 146 valence electrons. The SMILES string of the molecule is CN1CCN(c2n[nH]c(-c3ccc(Cl)cc3)c2C2=CC=NCC2)CC1C(N)=O. The van der Waals surface area contributed by atoms with Crippen molar-refractivity contribution < 1.29 is 4.79 Å². The monoisotopic (exact) mass is 398 g/mol. The first-order valence-electron chi connectivity index (χ1n) is 9.32. The highest BCUT2D eigenvalue weighted by Gasteiger charge is 2.32. The summed E-state index contributed by atoms with van der Waals surface area (Å²) < 4.78 is 0. The number of nitrogens with one attached hydrogen (secondary N) is 1. The maximum atomic E-state index is 11.9. The molecule has 0 saturated carbocycles. The highest BCUT2D eigenvalue weighted by Crippen LogP contribution is 2.37. The molecule has 1 amide bonds. The second kappa shape index (κ2) is 7.77. The van der Waals surface area contributed by atoms with Gasteiger partial charge in [0.15, 0.2) is 5.82 Å². The van der Waals surface area contributed by atoms with Crippen LogP contribution in [-0.4, -0.2) is 66.5 Å². The van der Waals surface area contributed by atoms with Crippen LogP contribution in [0.4, 0.5) is 5.82 Å². The number of halogens is 1.